The smallest absolute Gasteiger partial charge is 0.338 e. The maximum Gasteiger partial charge on any atom is 0.338 e. The molecule has 0 atom stereocenters. The third-order valence-electron chi connectivity index (χ3n) is 8.04. The van der Waals surface area contributed by atoms with Crippen molar-refractivity contribution in [3.63, 3.8) is 0 Å². The molecular weight excluding hydrogens is 613 g/mol. The van der Waals surface area contributed by atoms with Gasteiger partial charge in [0.2, 0.25) is 0 Å². The van der Waals surface area contributed by atoms with Gasteiger partial charge in [0.15, 0.2) is 5.60 Å². The van der Waals surface area contributed by atoms with Crippen molar-refractivity contribution in [2.75, 3.05) is 0 Å². The number of hydrogen-bond donors (Lipinski definition) is 0. The Morgan fingerprint density at radius 2 is 1.40 bits per heavy atom. The zero-order chi connectivity index (χ0) is 30.2. The van der Waals surface area contributed by atoms with Gasteiger partial charge in [-0.2, -0.15) is 0 Å². The van der Waals surface area contributed by atoms with Crippen LogP contribution < -0.4 is 4.74 Å². The van der Waals surface area contributed by atoms with Crippen molar-refractivity contribution in [1.82, 2.24) is 0 Å². The molecule has 0 bridgehead atoms. The fourth-order valence-corrected chi connectivity index (χ4v) is 8.66. The second kappa shape index (κ2) is 11.6. The zero-order valence-corrected chi connectivity index (χ0v) is 26.5. The van der Waals surface area contributed by atoms with Crippen LogP contribution in [0.15, 0.2) is 139 Å². The van der Waals surface area contributed by atoms with E-state index in [1.165, 1.54) is 19.5 Å². The normalized spacial score (nSPS) is 13.3. The third-order valence-corrected chi connectivity index (χ3v) is 11.4. The van der Waals surface area contributed by atoms with Crippen LogP contribution in [-0.2, 0) is 16.9 Å². The highest BCUT2D eigenvalue weighted by Gasteiger charge is 2.37. The zero-order valence-electron chi connectivity index (χ0n) is 24.0. The highest BCUT2D eigenvalue weighted by Crippen LogP contribution is 2.44. The van der Waals surface area contributed by atoms with Crippen molar-refractivity contribution in [3.05, 3.63) is 166 Å². The molecule has 1 aliphatic heterocycles. The number of benzene rings is 4. The maximum atomic E-state index is 13.1. The molecule has 0 aliphatic carbocycles. The fourth-order valence-electron chi connectivity index (χ4n) is 5.81. The molecule has 45 heavy (non-hydrogen) atoms. The van der Waals surface area contributed by atoms with E-state index in [9.17, 15) is 4.79 Å². The minimum absolute atomic E-state index is 0.243. The van der Waals surface area contributed by atoms with Gasteiger partial charge in [0, 0.05) is 41.1 Å². The molecule has 7 aromatic rings. The van der Waals surface area contributed by atoms with Gasteiger partial charge in [-0.1, -0.05) is 78.9 Å². The van der Waals surface area contributed by atoms with Crippen LogP contribution in [0.4, 0.5) is 0 Å². The van der Waals surface area contributed by atoms with E-state index < -0.39 is 5.60 Å². The second-order valence-electron chi connectivity index (χ2n) is 10.8. The summed E-state index contributed by atoms with van der Waals surface area (Å²) in [4.78, 5) is 19.1. The highest BCUT2D eigenvalue weighted by atomic mass is 32.1. The Bertz CT molecular complexity index is 2120. The topological polar surface area (TPSA) is 35.5 Å². The van der Waals surface area contributed by atoms with Crippen LogP contribution >= 0.6 is 34.0 Å². The molecule has 1 aliphatic rings. The van der Waals surface area contributed by atoms with Gasteiger partial charge in [0.05, 0.1) is 5.56 Å². The Morgan fingerprint density at radius 3 is 2.13 bits per heavy atom. The Balaban J connectivity index is 1.01. The molecular formula is C39H26O3S3. The quantitative estimate of drug-likeness (QED) is 0.163. The lowest BCUT2D eigenvalue weighted by atomic mass is 9.83. The van der Waals surface area contributed by atoms with Gasteiger partial charge >= 0.3 is 5.97 Å². The van der Waals surface area contributed by atoms with Gasteiger partial charge in [0.1, 0.15) is 12.4 Å². The molecule has 4 aromatic carbocycles. The molecule has 3 nitrogen and oxygen atoms in total. The molecule has 4 heterocycles. The Morgan fingerprint density at radius 1 is 0.689 bits per heavy atom. The first-order valence-corrected chi connectivity index (χ1v) is 17.1. The molecule has 6 heteroatoms. The number of carbonyl (C=O) groups is 1. The standard InChI is InChI=1S/C39H26O3S3/c40-38(41-25-30-15-18-36(44-30)37-20-19-35(45-37)34-12-7-23-43-34)27-13-16-31-26(24-27)14-17-33-32(31)21-22-39(42-33,28-8-3-1-4-9-28)29-10-5-2-6-11-29/h1-24H,25H2. The third kappa shape index (κ3) is 5.21. The van der Waals surface area contributed by atoms with Gasteiger partial charge in [-0.05, 0) is 76.8 Å². The molecule has 8 rings (SSSR count). The summed E-state index contributed by atoms with van der Waals surface area (Å²) in [7, 11) is 0. The van der Waals surface area contributed by atoms with Crippen LogP contribution in [-0.4, -0.2) is 5.97 Å². The van der Waals surface area contributed by atoms with E-state index in [0.29, 0.717) is 5.56 Å². The molecule has 0 radical (unpaired) electrons. The lowest BCUT2D eigenvalue weighted by Gasteiger charge is -2.36. The maximum absolute atomic E-state index is 13.1. The van der Waals surface area contributed by atoms with E-state index in [4.69, 9.17) is 9.47 Å². The van der Waals surface area contributed by atoms with Crippen molar-refractivity contribution in [3.8, 4) is 25.3 Å². The summed E-state index contributed by atoms with van der Waals surface area (Å²) < 4.78 is 12.6. The SMILES string of the molecule is O=C(OCc1ccc(-c2ccc(-c3cccs3)s2)s1)c1ccc2c3c(ccc2c1)OC(c1ccccc1)(c1ccccc1)C=C3. The summed E-state index contributed by atoms with van der Waals surface area (Å²) in [6.07, 6.45) is 4.28. The van der Waals surface area contributed by atoms with Crippen LogP contribution in [0.5, 0.6) is 5.75 Å². The molecule has 0 fully saturated rings. The monoisotopic (exact) mass is 638 g/mol. The molecule has 0 spiro atoms. The van der Waals surface area contributed by atoms with E-state index in [-0.39, 0.29) is 12.6 Å². The van der Waals surface area contributed by atoms with Crippen molar-refractivity contribution >= 4 is 56.8 Å². The molecule has 0 unspecified atom stereocenters. The Hall–Kier alpha value is -4.75. The number of hydrogen-bond acceptors (Lipinski definition) is 6. The largest absolute Gasteiger partial charge is 0.473 e. The summed E-state index contributed by atoms with van der Waals surface area (Å²) in [5.74, 6) is 0.467. The van der Waals surface area contributed by atoms with Crippen molar-refractivity contribution in [2.24, 2.45) is 0 Å². The summed E-state index contributed by atoms with van der Waals surface area (Å²) in [6, 6.07) is 43.0. The molecule has 0 saturated carbocycles. The van der Waals surface area contributed by atoms with Crippen molar-refractivity contribution < 1.29 is 14.3 Å². The van der Waals surface area contributed by atoms with Gasteiger partial charge in [0.25, 0.3) is 0 Å². The number of carbonyl (C=O) groups excluding carboxylic acids is 1. The highest BCUT2D eigenvalue weighted by molar-refractivity contribution is 7.26. The average molecular weight is 639 g/mol. The summed E-state index contributed by atoms with van der Waals surface area (Å²) in [5.41, 5.74) is 2.92. The van der Waals surface area contributed by atoms with Crippen LogP contribution in [0.3, 0.4) is 0 Å². The lowest BCUT2D eigenvalue weighted by Crippen LogP contribution is -2.34. The Kier molecular flexibility index (Phi) is 7.18. The van der Waals surface area contributed by atoms with Gasteiger partial charge in [-0.25, -0.2) is 4.79 Å². The van der Waals surface area contributed by atoms with Gasteiger partial charge in [-0.3, -0.25) is 0 Å². The lowest BCUT2D eigenvalue weighted by molar-refractivity contribution is 0.0477. The van der Waals surface area contributed by atoms with Gasteiger partial charge in [-0.15, -0.1) is 34.0 Å². The fraction of sp³-hybridized carbons (Fsp3) is 0.0513. The van der Waals surface area contributed by atoms with E-state index >= 15 is 0 Å². The van der Waals surface area contributed by atoms with E-state index in [1.54, 1.807) is 34.0 Å². The van der Waals surface area contributed by atoms with E-state index in [2.05, 4.69) is 72.1 Å². The molecule has 0 saturated heterocycles. The predicted octanol–water partition coefficient (Wildman–Crippen LogP) is 11.1. The number of esters is 1. The van der Waals surface area contributed by atoms with Crippen LogP contribution in [0.1, 0.15) is 31.9 Å². The molecule has 0 amide bonds. The first kappa shape index (κ1) is 27.8. The summed E-state index contributed by atoms with van der Waals surface area (Å²) in [5, 5.41) is 4.08. The van der Waals surface area contributed by atoms with Crippen LogP contribution in [0, 0.1) is 0 Å². The van der Waals surface area contributed by atoms with E-state index in [1.807, 2.05) is 72.8 Å². The first-order valence-electron chi connectivity index (χ1n) is 14.6. The predicted molar refractivity (Wildman–Crippen MR) is 187 cm³/mol. The first-order chi connectivity index (χ1) is 22.2. The minimum Gasteiger partial charge on any atom is -0.473 e. The number of thiophene rings is 3. The van der Waals surface area contributed by atoms with Crippen molar-refractivity contribution in [2.45, 2.75) is 12.2 Å². The molecule has 3 aromatic heterocycles. The van der Waals surface area contributed by atoms with Crippen molar-refractivity contribution in [1.29, 1.82) is 0 Å². The summed E-state index contributed by atoms with van der Waals surface area (Å²) in [6.45, 7) is 0.243. The van der Waals surface area contributed by atoms with Gasteiger partial charge < -0.3 is 9.47 Å². The Labute approximate surface area is 273 Å². The summed E-state index contributed by atoms with van der Waals surface area (Å²) >= 11 is 5.20. The second-order valence-corrected chi connectivity index (χ2v) is 14.0. The van der Waals surface area contributed by atoms with Crippen LogP contribution in [0.25, 0.3) is 36.4 Å². The average Bonchev–Trinajstić information content (AvgIpc) is 3.90. The number of rotatable bonds is 7. The number of fused-ring (bicyclic) bond motifs is 3. The molecule has 0 N–H and O–H groups in total. The van der Waals surface area contributed by atoms with E-state index in [0.717, 1.165) is 38.1 Å². The van der Waals surface area contributed by atoms with Crippen LogP contribution in [0.2, 0.25) is 0 Å². The molecule has 218 valence electrons. The number of ether oxygens (including phenoxy) is 2. The minimum atomic E-state index is -0.732.